The Kier molecular flexibility index (Phi) is 5.32. The molecule has 0 bridgehead atoms. The van der Waals surface area contributed by atoms with E-state index < -0.39 is 0 Å². The Hall–Kier alpha value is -0.350. The highest BCUT2D eigenvalue weighted by atomic mass is 32.1. The van der Waals surface area contributed by atoms with E-state index in [-0.39, 0.29) is 6.04 Å². The zero-order valence-corrected chi connectivity index (χ0v) is 10.8. The van der Waals surface area contributed by atoms with Crippen LogP contribution in [-0.4, -0.2) is 42.9 Å². The van der Waals surface area contributed by atoms with Gasteiger partial charge in [0.25, 0.3) is 0 Å². The van der Waals surface area contributed by atoms with Crippen LogP contribution in [0.15, 0.2) is 0 Å². The van der Waals surface area contributed by atoms with E-state index >= 15 is 0 Å². The van der Waals surface area contributed by atoms with Gasteiger partial charge in [-0.2, -0.15) is 0 Å². The molecule has 0 aromatic carbocycles. The SMILES string of the molecule is COCC(C)NC(=S)N(C)C1CCCC1. The first-order valence-corrected chi connectivity index (χ1v) is 6.08. The van der Waals surface area contributed by atoms with Gasteiger partial charge in [-0.15, -0.1) is 0 Å². The summed E-state index contributed by atoms with van der Waals surface area (Å²) < 4.78 is 5.07. The first kappa shape index (κ1) is 12.7. The van der Waals surface area contributed by atoms with Crippen LogP contribution in [0, 0.1) is 0 Å². The van der Waals surface area contributed by atoms with Gasteiger partial charge in [-0.1, -0.05) is 12.8 Å². The van der Waals surface area contributed by atoms with Crippen LogP contribution in [0.4, 0.5) is 0 Å². The molecule has 0 aliphatic heterocycles. The molecule has 0 heterocycles. The molecule has 1 saturated carbocycles. The van der Waals surface area contributed by atoms with Crippen molar-refractivity contribution in [3.8, 4) is 0 Å². The van der Waals surface area contributed by atoms with E-state index in [1.54, 1.807) is 7.11 Å². The van der Waals surface area contributed by atoms with Crippen molar-refractivity contribution in [3.05, 3.63) is 0 Å². The molecular formula is C11H22N2OS. The van der Waals surface area contributed by atoms with Crippen LogP contribution in [0.25, 0.3) is 0 Å². The maximum absolute atomic E-state index is 5.36. The fourth-order valence-electron chi connectivity index (χ4n) is 2.06. The van der Waals surface area contributed by atoms with E-state index in [0.717, 1.165) is 5.11 Å². The van der Waals surface area contributed by atoms with Gasteiger partial charge in [-0.25, -0.2) is 0 Å². The third-order valence-electron chi connectivity index (χ3n) is 2.98. The predicted octanol–water partition coefficient (Wildman–Crippen LogP) is 1.77. The van der Waals surface area contributed by atoms with Crippen molar-refractivity contribution in [1.82, 2.24) is 10.2 Å². The summed E-state index contributed by atoms with van der Waals surface area (Å²) in [5.74, 6) is 0. The number of ether oxygens (including phenoxy) is 1. The molecule has 0 amide bonds. The number of nitrogens with one attached hydrogen (secondary N) is 1. The first-order valence-electron chi connectivity index (χ1n) is 5.67. The third-order valence-corrected chi connectivity index (χ3v) is 3.39. The Labute approximate surface area is 98.2 Å². The summed E-state index contributed by atoms with van der Waals surface area (Å²) in [6.07, 6.45) is 5.23. The first-order chi connectivity index (χ1) is 7.15. The molecule has 1 unspecified atom stereocenters. The van der Waals surface area contributed by atoms with E-state index in [1.807, 2.05) is 0 Å². The zero-order valence-electron chi connectivity index (χ0n) is 9.95. The molecule has 0 aromatic rings. The number of nitrogens with zero attached hydrogens (tertiary/aromatic N) is 1. The summed E-state index contributed by atoms with van der Waals surface area (Å²) in [6.45, 7) is 2.77. The van der Waals surface area contributed by atoms with Crippen molar-refractivity contribution in [2.75, 3.05) is 20.8 Å². The average Bonchev–Trinajstić information content (AvgIpc) is 2.69. The van der Waals surface area contributed by atoms with Crippen molar-refractivity contribution in [1.29, 1.82) is 0 Å². The second-order valence-corrected chi connectivity index (χ2v) is 4.74. The van der Waals surface area contributed by atoms with Gasteiger partial charge in [-0.05, 0) is 32.0 Å². The van der Waals surface area contributed by atoms with Gasteiger partial charge in [0, 0.05) is 26.2 Å². The maximum atomic E-state index is 5.36. The molecule has 0 radical (unpaired) electrons. The Morgan fingerprint density at radius 2 is 2.13 bits per heavy atom. The predicted molar refractivity (Wildman–Crippen MR) is 67.1 cm³/mol. The maximum Gasteiger partial charge on any atom is 0.169 e. The van der Waals surface area contributed by atoms with Gasteiger partial charge >= 0.3 is 0 Å². The monoisotopic (exact) mass is 230 g/mol. The van der Waals surface area contributed by atoms with Gasteiger partial charge in [-0.3, -0.25) is 0 Å². The van der Waals surface area contributed by atoms with Gasteiger partial charge in [0.15, 0.2) is 5.11 Å². The normalized spacial score (nSPS) is 18.9. The average molecular weight is 230 g/mol. The zero-order chi connectivity index (χ0) is 11.3. The van der Waals surface area contributed by atoms with Crippen LogP contribution in [0.1, 0.15) is 32.6 Å². The van der Waals surface area contributed by atoms with Gasteiger partial charge in [0.2, 0.25) is 0 Å². The fraction of sp³-hybridized carbons (Fsp3) is 0.909. The lowest BCUT2D eigenvalue weighted by molar-refractivity contribution is 0.177. The second kappa shape index (κ2) is 6.28. The molecule has 15 heavy (non-hydrogen) atoms. The molecule has 1 aliphatic rings. The highest BCUT2D eigenvalue weighted by Crippen LogP contribution is 2.22. The summed E-state index contributed by atoms with van der Waals surface area (Å²) in [7, 11) is 3.80. The van der Waals surface area contributed by atoms with Crippen LogP contribution in [-0.2, 0) is 4.74 Å². The molecule has 1 rings (SSSR count). The van der Waals surface area contributed by atoms with Crippen LogP contribution in [0.2, 0.25) is 0 Å². The molecule has 0 aromatic heterocycles. The van der Waals surface area contributed by atoms with Gasteiger partial charge in [0.05, 0.1) is 6.61 Å². The van der Waals surface area contributed by atoms with E-state index in [0.29, 0.717) is 12.6 Å². The van der Waals surface area contributed by atoms with Gasteiger partial charge < -0.3 is 15.0 Å². The van der Waals surface area contributed by atoms with Crippen LogP contribution in [0.5, 0.6) is 0 Å². The Bertz CT molecular complexity index is 205. The molecule has 0 saturated heterocycles. The number of hydrogen-bond donors (Lipinski definition) is 1. The van der Waals surface area contributed by atoms with Crippen molar-refractivity contribution in [2.45, 2.75) is 44.7 Å². The summed E-state index contributed by atoms with van der Waals surface area (Å²) in [5, 5.41) is 4.14. The van der Waals surface area contributed by atoms with Crippen molar-refractivity contribution in [2.24, 2.45) is 0 Å². The largest absolute Gasteiger partial charge is 0.383 e. The number of methoxy groups -OCH3 is 1. The molecule has 1 aliphatic carbocycles. The lowest BCUT2D eigenvalue weighted by Gasteiger charge is -2.29. The van der Waals surface area contributed by atoms with Crippen LogP contribution in [0.3, 0.4) is 0 Å². The number of hydrogen-bond acceptors (Lipinski definition) is 2. The lowest BCUT2D eigenvalue weighted by Crippen LogP contribution is -2.46. The Balaban J connectivity index is 2.31. The molecule has 0 spiro atoms. The topological polar surface area (TPSA) is 24.5 Å². The number of rotatable bonds is 4. The van der Waals surface area contributed by atoms with Crippen LogP contribution < -0.4 is 5.32 Å². The summed E-state index contributed by atoms with van der Waals surface area (Å²) in [6, 6.07) is 0.922. The van der Waals surface area contributed by atoms with Crippen molar-refractivity contribution in [3.63, 3.8) is 0 Å². The molecule has 4 heteroatoms. The van der Waals surface area contributed by atoms with E-state index in [2.05, 4.69) is 24.2 Å². The van der Waals surface area contributed by atoms with Crippen molar-refractivity contribution >= 4 is 17.3 Å². The summed E-state index contributed by atoms with van der Waals surface area (Å²) in [4.78, 5) is 2.20. The second-order valence-electron chi connectivity index (χ2n) is 4.36. The number of thiocarbonyl (C=S) groups is 1. The van der Waals surface area contributed by atoms with E-state index in [9.17, 15) is 0 Å². The summed E-state index contributed by atoms with van der Waals surface area (Å²) >= 11 is 5.36. The van der Waals surface area contributed by atoms with Crippen molar-refractivity contribution < 1.29 is 4.74 Å². The third kappa shape index (κ3) is 3.95. The van der Waals surface area contributed by atoms with Gasteiger partial charge in [0.1, 0.15) is 0 Å². The van der Waals surface area contributed by atoms with E-state index in [4.69, 9.17) is 17.0 Å². The molecule has 1 N–H and O–H groups in total. The molecule has 88 valence electrons. The minimum atomic E-state index is 0.284. The molecule has 1 fully saturated rings. The van der Waals surface area contributed by atoms with Crippen LogP contribution >= 0.6 is 12.2 Å². The van der Waals surface area contributed by atoms with E-state index in [1.165, 1.54) is 25.7 Å². The Morgan fingerprint density at radius 3 is 2.67 bits per heavy atom. The summed E-state index contributed by atoms with van der Waals surface area (Å²) in [5.41, 5.74) is 0. The molecule has 3 nitrogen and oxygen atoms in total. The standard InChI is InChI=1S/C11H22N2OS/c1-9(8-14-3)12-11(15)13(2)10-6-4-5-7-10/h9-10H,4-8H2,1-3H3,(H,12,15). The minimum Gasteiger partial charge on any atom is -0.383 e. The lowest BCUT2D eigenvalue weighted by atomic mass is 10.2. The highest BCUT2D eigenvalue weighted by Gasteiger charge is 2.21. The Morgan fingerprint density at radius 1 is 1.53 bits per heavy atom. The molecule has 1 atom stereocenters. The highest BCUT2D eigenvalue weighted by molar-refractivity contribution is 7.80. The smallest absolute Gasteiger partial charge is 0.169 e. The quantitative estimate of drug-likeness (QED) is 0.744. The minimum absolute atomic E-state index is 0.284. The molecular weight excluding hydrogens is 208 g/mol. The fourth-order valence-corrected chi connectivity index (χ4v) is 2.41.